The van der Waals surface area contributed by atoms with E-state index in [-0.39, 0.29) is 28.1 Å². The quantitative estimate of drug-likeness (QED) is 0.347. The average molecular weight is 455 g/mol. The van der Waals surface area contributed by atoms with Crippen LogP contribution in [0.5, 0.6) is 11.5 Å². The number of rotatable bonds is 5. The van der Waals surface area contributed by atoms with Crippen molar-refractivity contribution in [1.29, 1.82) is 0 Å². The highest BCUT2D eigenvalue weighted by Gasteiger charge is 2.26. The van der Waals surface area contributed by atoms with Crippen LogP contribution in [0.1, 0.15) is 25.0 Å². The number of esters is 2. The molecule has 0 spiro atoms. The molecule has 2 aromatic carbocycles. The van der Waals surface area contributed by atoms with Crippen molar-refractivity contribution < 1.29 is 23.8 Å². The van der Waals surface area contributed by atoms with Gasteiger partial charge in [0.25, 0.3) is 0 Å². The first-order valence-electron chi connectivity index (χ1n) is 8.41. The zero-order chi connectivity index (χ0) is 21.1. The van der Waals surface area contributed by atoms with E-state index < -0.39 is 11.9 Å². The Morgan fingerprint density at radius 3 is 2.62 bits per heavy atom. The first-order valence-corrected chi connectivity index (χ1v) is 9.54. The maximum atomic E-state index is 12.3. The number of nitrogens with zero attached hydrogens (tertiary/aromatic N) is 1. The number of hydrogen-bond acceptors (Lipinski definition) is 6. The number of aliphatic imine (C=N–C) groups is 1. The van der Waals surface area contributed by atoms with E-state index in [1.807, 2.05) is 0 Å². The van der Waals surface area contributed by atoms with E-state index in [9.17, 15) is 9.59 Å². The lowest BCUT2D eigenvalue weighted by molar-refractivity contribution is -0.132. The van der Waals surface area contributed by atoms with E-state index in [0.717, 1.165) is 0 Å². The third kappa shape index (κ3) is 4.90. The molecule has 0 saturated carbocycles. The van der Waals surface area contributed by atoms with Crippen LogP contribution in [-0.2, 0) is 14.3 Å². The zero-order valence-electron chi connectivity index (χ0n) is 15.3. The number of carbonyl (C=O) groups is 2. The summed E-state index contributed by atoms with van der Waals surface area (Å²) in [5.74, 6) is -0.788. The largest absolute Gasteiger partial charge is 0.490 e. The minimum Gasteiger partial charge on any atom is -0.490 e. The van der Waals surface area contributed by atoms with Crippen molar-refractivity contribution in [1.82, 2.24) is 0 Å². The fourth-order valence-corrected chi connectivity index (χ4v) is 3.15. The van der Waals surface area contributed by atoms with Crippen molar-refractivity contribution in [3.63, 3.8) is 0 Å². The van der Waals surface area contributed by atoms with Crippen LogP contribution < -0.4 is 9.47 Å². The molecule has 0 aromatic heterocycles. The van der Waals surface area contributed by atoms with Crippen LogP contribution in [0.2, 0.25) is 15.1 Å². The smallest absolute Gasteiger partial charge is 0.363 e. The molecule has 1 aliphatic heterocycles. The zero-order valence-corrected chi connectivity index (χ0v) is 17.6. The van der Waals surface area contributed by atoms with Gasteiger partial charge in [-0.3, -0.25) is 4.79 Å². The third-order valence-corrected chi connectivity index (χ3v) is 4.51. The summed E-state index contributed by atoms with van der Waals surface area (Å²) in [6, 6.07) is 7.84. The van der Waals surface area contributed by atoms with E-state index in [4.69, 9.17) is 49.0 Å². The number of ether oxygens (including phenoxy) is 3. The molecule has 9 heteroatoms. The van der Waals surface area contributed by atoms with E-state index in [1.165, 1.54) is 19.1 Å². The first kappa shape index (κ1) is 21.2. The molecule has 0 N–H and O–H groups in total. The van der Waals surface area contributed by atoms with Crippen LogP contribution in [0.25, 0.3) is 6.08 Å². The second-order valence-electron chi connectivity index (χ2n) is 5.82. The Balaban J connectivity index is 2.01. The van der Waals surface area contributed by atoms with Crippen molar-refractivity contribution in [3.8, 4) is 11.5 Å². The Bertz CT molecular complexity index is 1060. The summed E-state index contributed by atoms with van der Waals surface area (Å²) < 4.78 is 15.8. The lowest BCUT2D eigenvalue weighted by Crippen LogP contribution is -2.06. The van der Waals surface area contributed by atoms with Crippen LogP contribution in [0.4, 0.5) is 0 Å². The number of halogens is 3. The molecular weight excluding hydrogens is 441 g/mol. The van der Waals surface area contributed by atoms with Crippen LogP contribution in [-0.4, -0.2) is 24.4 Å². The first-order chi connectivity index (χ1) is 13.8. The minimum atomic E-state index is -0.658. The summed E-state index contributed by atoms with van der Waals surface area (Å²) in [4.78, 5) is 27.8. The van der Waals surface area contributed by atoms with E-state index in [1.54, 1.807) is 31.2 Å². The maximum Gasteiger partial charge on any atom is 0.363 e. The molecule has 3 rings (SSSR count). The molecule has 0 radical (unpaired) electrons. The highest BCUT2D eigenvalue weighted by molar-refractivity contribution is 6.36. The van der Waals surface area contributed by atoms with Crippen molar-refractivity contribution in [2.24, 2.45) is 4.99 Å². The maximum absolute atomic E-state index is 12.3. The van der Waals surface area contributed by atoms with Crippen molar-refractivity contribution >= 4 is 58.7 Å². The molecule has 0 saturated heterocycles. The molecule has 29 heavy (non-hydrogen) atoms. The Hall–Kier alpha value is -2.54. The molecule has 0 fully saturated rings. The molecule has 150 valence electrons. The summed E-state index contributed by atoms with van der Waals surface area (Å²) in [7, 11) is 0. The molecule has 0 aliphatic carbocycles. The predicted molar refractivity (Wildman–Crippen MR) is 111 cm³/mol. The van der Waals surface area contributed by atoms with Gasteiger partial charge in [0.05, 0.1) is 22.2 Å². The Morgan fingerprint density at radius 2 is 1.93 bits per heavy atom. The SMILES string of the molecule is CCOc1cc(/C=C2\N=C(c3cc(Cl)ccc3Cl)OC2=O)cc(Cl)c1OC(C)=O. The third-order valence-electron chi connectivity index (χ3n) is 3.66. The van der Waals surface area contributed by atoms with Gasteiger partial charge in [0.1, 0.15) is 0 Å². The number of carbonyl (C=O) groups excluding carboxylic acids is 2. The highest BCUT2D eigenvalue weighted by atomic mass is 35.5. The van der Waals surface area contributed by atoms with Gasteiger partial charge in [-0.1, -0.05) is 34.8 Å². The van der Waals surface area contributed by atoms with Gasteiger partial charge in [-0.25, -0.2) is 9.79 Å². The van der Waals surface area contributed by atoms with Gasteiger partial charge in [-0.2, -0.15) is 0 Å². The van der Waals surface area contributed by atoms with E-state index in [2.05, 4.69) is 4.99 Å². The van der Waals surface area contributed by atoms with Gasteiger partial charge in [0, 0.05) is 11.9 Å². The van der Waals surface area contributed by atoms with Crippen molar-refractivity contribution in [2.45, 2.75) is 13.8 Å². The molecule has 1 aliphatic rings. The van der Waals surface area contributed by atoms with E-state index >= 15 is 0 Å². The fourth-order valence-electron chi connectivity index (χ4n) is 2.52. The van der Waals surface area contributed by atoms with E-state index in [0.29, 0.717) is 27.8 Å². The number of benzene rings is 2. The highest BCUT2D eigenvalue weighted by Crippen LogP contribution is 2.38. The molecule has 0 amide bonds. The van der Waals surface area contributed by atoms with Crippen LogP contribution in [0.3, 0.4) is 0 Å². The van der Waals surface area contributed by atoms with Gasteiger partial charge < -0.3 is 14.2 Å². The van der Waals surface area contributed by atoms with Crippen molar-refractivity contribution in [3.05, 3.63) is 62.2 Å². The fraction of sp³-hybridized carbons (Fsp3) is 0.150. The summed E-state index contributed by atoms with van der Waals surface area (Å²) in [6.07, 6.45) is 1.47. The van der Waals surface area contributed by atoms with Gasteiger partial charge in [-0.15, -0.1) is 0 Å². The standard InChI is InChI=1S/C20H14Cl3NO5/c1-3-27-17-8-11(6-15(23)18(17)28-10(2)25)7-16-20(26)29-19(24-16)13-9-12(21)4-5-14(13)22/h4-9H,3H2,1-2H3/b16-7-. The lowest BCUT2D eigenvalue weighted by Gasteiger charge is -2.12. The Kier molecular flexibility index (Phi) is 6.47. The average Bonchev–Trinajstić information content (AvgIpc) is 3.00. The van der Waals surface area contributed by atoms with Crippen molar-refractivity contribution in [2.75, 3.05) is 6.61 Å². The number of hydrogen-bond donors (Lipinski definition) is 0. The summed E-state index contributed by atoms with van der Waals surface area (Å²) in [6.45, 7) is 3.35. The van der Waals surface area contributed by atoms with Crippen LogP contribution in [0.15, 0.2) is 41.0 Å². The summed E-state index contributed by atoms with van der Waals surface area (Å²) in [5.41, 5.74) is 0.937. The summed E-state index contributed by atoms with van der Waals surface area (Å²) in [5, 5.41) is 0.913. The minimum absolute atomic E-state index is 0.0368. The number of cyclic esters (lactones) is 1. The Morgan fingerprint density at radius 1 is 1.17 bits per heavy atom. The normalized spacial score (nSPS) is 14.6. The second kappa shape index (κ2) is 8.86. The molecule has 1 heterocycles. The lowest BCUT2D eigenvalue weighted by atomic mass is 10.1. The topological polar surface area (TPSA) is 74.2 Å². The molecule has 6 nitrogen and oxygen atoms in total. The molecule has 0 bridgehead atoms. The second-order valence-corrected chi connectivity index (χ2v) is 7.07. The van der Waals surface area contributed by atoms with Crippen LogP contribution >= 0.6 is 34.8 Å². The predicted octanol–water partition coefficient (Wildman–Crippen LogP) is 5.32. The van der Waals surface area contributed by atoms with Gasteiger partial charge >= 0.3 is 11.9 Å². The molecular formula is C20H14Cl3NO5. The monoisotopic (exact) mass is 453 g/mol. The van der Waals surface area contributed by atoms with Gasteiger partial charge in [-0.05, 0) is 48.9 Å². The Labute approximate surface area is 181 Å². The molecule has 2 aromatic rings. The molecule has 0 unspecified atom stereocenters. The summed E-state index contributed by atoms with van der Waals surface area (Å²) >= 11 is 18.3. The molecule has 0 atom stereocenters. The van der Waals surface area contributed by atoms with Crippen LogP contribution in [0, 0.1) is 0 Å². The van der Waals surface area contributed by atoms with Gasteiger partial charge in [0.2, 0.25) is 5.90 Å². The van der Waals surface area contributed by atoms with Gasteiger partial charge in [0.15, 0.2) is 17.2 Å².